The number of nitrogens with zero attached hydrogens (tertiary/aromatic N) is 1. The van der Waals surface area contributed by atoms with E-state index in [1.807, 2.05) is 6.07 Å². The fourth-order valence-electron chi connectivity index (χ4n) is 5.79. The van der Waals surface area contributed by atoms with Crippen LogP contribution in [0.5, 0.6) is 0 Å². The van der Waals surface area contributed by atoms with Crippen molar-refractivity contribution in [2.45, 2.75) is 39.5 Å². The molecule has 0 bridgehead atoms. The third-order valence-corrected chi connectivity index (χ3v) is 7.99. The van der Waals surface area contributed by atoms with Gasteiger partial charge in [0.15, 0.2) is 0 Å². The van der Waals surface area contributed by atoms with Gasteiger partial charge in [-0.2, -0.15) is 0 Å². The Balaban J connectivity index is 1.60. The highest BCUT2D eigenvalue weighted by Crippen LogP contribution is 2.42. The molecule has 2 heteroatoms. The SMILES string of the molecule is CC(C)c1cc(-c2ccccc2)cc(C(C)C)c1-c1cc(-c2ccccc2)nc(-c2ccccc2Nc2ccccc2)c1. The van der Waals surface area contributed by atoms with E-state index in [0.29, 0.717) is 11.8 Å². The van der Waals surface area contributed by atoms with Crippen molar-refractivity contribution < 1.29 is 0 Å². The zero-order valence-electron chi connectivity index (χ0n) is 25.4. The number of anilines is 2. The molecule has 0 saturated carbocycles. The first-order chi connectivity index (χ1) is 21.0. The fourth-order valence-corrected chi connectivity index (χ4v) is 5.79. The fraction of sp³-hybridized carbons (Fsp3) is 0.146. The van der Waals surface area contributed by atoms with Crippen LogP contribution in [0.25, 0.3) is 44.8 Å². The largest absolute Gasteiger partial charge is 0.355 e. The van der Waals surface area contributed by atoms with Crippen molar-refractivity contribution in [3.05, 3.63) is 151 Å². The molecule has 0 atom stereocenters. The second-order valence-corrected chi connectivity index (χ2v) is 11.7. The summed E-state index contributed by atoms with van der Waals surface area (Å²) < 4.78 is 0. The van der Waals surface area contributed by atoms with E-state index in [-0.39, 0.29) is 0 Å². The number of benzene rings is 5. The minimum atomic E-state index is 0.347. The summed E-state index contributed by atoms with van der Waals surface area (Å²) in [6.45, 7) is 9.21. The first-order valence-corrected chi connectivity index (χ1v) is 15.2. The summed E-state index contributed by atoms with van der Waals surface area (Å²) >= 11 is 0. The lowest BCUT2D eigenvalue weighted by Gasteiger charge is -2.23. The molecular formula is C41H38N2. The molecule has 0 spiro atoms. The number of rotatable bonds is 8. The molecule has 1 heterocycles. The molecular weight excluding hydrogens is 520 g/mol. The van der Waals surface area contributed by atoms with Gasteiger partial charge < -0.3 is 5.32 Å². The van der Waals surface area contributed by atoms with Gasteiger partial charge in [0.2, 0.25) is 0 Å². The molecule has 6 rings (SSSR count). The summed E-state index contributed by atoms with van der Waals surface area (Å²) in [5.74, 6) is 0.694. The molecule has 0 saturated heterocycles. The number of nitrogens with one attached hydrogen (secondary N) is 1. The van der Waals surface area contributed by atoms with Crippen LogP contribution in [-0.4, -0.2) is 4.98 Å². The lowest BCUT2D eigenvalue weighted by molar-refractivity contribution is 0.838. The van der Waals surface area contributed by atoms with Crippen LogP contribution in [-0.2, 0) is 0 Å². The zero-order chi connectivity index (χ0) is 29.8. The molecule has 2 nitrogen and oxygen atoms in total. The average molecular weight is 559 g/mol. The van der Waals surface area contributed by atoms with Crippen LogP contribution in [0, 0.1) is 0 Å². The normalized spacial score (nSPS) is 11.2. The first-order valence-electron chi connectivity index (χ1n) is 15.2. The van der Waals surface area contributed by atoms with Crippen LogP contribution in [0.15, 0.2) is 140 Å². The molecule has 0 amide bonds. The lowest BCUT2D eigenvalue weighted by Crippen LogP contribution is -2.03. The van der Waals surface area contributed by atoms with Gasteiger partial charge in [0, 0.05) is 22.5 Å². The molecule has 0 unspecified atom stereocenters. The van der Waals surface area contributed by atoms with Gasteiger partial charge in [-0.25, -0.2) is 4.98 Å². The Morgan fingerprint density at radius 3 is 1.58 bits per heavy atom. The second kappa shape index (κ2) is 12.5. The van der Waals surface area contributed by atoms with E-state index in [1.165, 1.54) is 33.4 Å². The monoisotopic (exact) mass is 558 g/mol. The maximum absolute atomic E-state index is 5.28. The average Bonchev–Trinajstić information content (AvgIpc) is 3.05. The Morgan fingerprint density at radius 2 is 0.977 bits per heavy atom. The molecule has 5 aromatic carbocycles. The summed E-state index contributed by atoms with van der Waals surface area (Å²) in [6, 6.07) is 49.4. The van der Waals surface area contributed by atoms with Crippen molar-refractivity contribution in [1.29, 1.82) is 0 Å². The molecule has 1 N–H and O–H groups in total. The standard InChI is InChI=1S/C41H38N2/c1-28(2)36-24-32(30-16-8-5-9-17-30)25-37(29(3)4)41(36)33-26-39(31-18-10-6-11-19-31)43-40(27-33)35-22-14-15-23-38(35)42-34-20-12-7-13-21-34/h5-29,42H,1-4H3. The van der Waals surface area contributed by atoms with Crippen molar-refractivity contribution in [2.75, 3.05) is 5.32 Å². The second-order valence-electron chi connectivity index (χ2n) is 11.7. The molecule has 0 aliphatic carbocycles. The number of hydrogen-bond acceptors (Lipinski definition) is 2. The van der Waals surface area contributed by atoms with Crippen molar-refractivity contribution in [2.24, 2.45) is 0 Å². The molecule has 0 radical (unpaired) electrons. The molecule has 0 fully saturated rings. The van der Waals surface area contributed by atoms with E-state index in [2.05, 4.69) is 166 Å². The van der Waals surface area contributed by atoms with Crippen molar-refractivity contribution >= 4 is 11.4 Å². The third kappa shape index (κ3) is 6.15. The van der Waals surface area contributed by atoms with Crippen LogP contribution in [0.2, 0.25) is 0 Å². The summed E-state index contributed by atoms with van der Waals surface area (Å²) in [4.78, 5) is 5.28. The number of aromatic nitrogens is 1. The Kier molecular flexibility index (Phi) is 8.20. The summed E-state index contributed by atoms with van der Waals surface area (Å²) in [7, 11) is 0. The predicted octanol–water partition coefficient (Wildman–Crippen LogP) is 11.7. The van der Waals surface area contributed by atoms with Crippen LogP contribution in [0.4, 0.5) is 11.4 Å². The van der Waals surface area contributed by atoms with Crippen molar-refractivity contribution in [1.82, 2.24) is 4.98 Å². The van der Waals surface area contributed by atoms with Gasteiger partial charge in [-0.05, 0) is 75.5 Å². The van der Waals surface area contributed by atoms with Gasteiger partial charge in [-0.15, -0.1) is 0 Å². The summed E-state index contributed by atoms with van der Waals surface area (Å²) in [5.41, 5.74) is 13.9. The van der Waals surface area contributed by atoms with E-state index in [4.69, 9.17) is 4.98 Å². The van der Waals surface area contributed by atoms with Gasteiger partial charge in [-0.3, -0.25) is 0 Å². The Bertz CT molecular complexity index is 1790. The van der Waals surface area contributed by atoms with Gasteiger partial charge >= 0.3 is 0 Å². The van der Waals surface area contributed by atoms with Gasteiger partial charge in [0.1, 0.15) is 0 Å². The Morgan fingerprint density at radius 1 is 0.465 bits per heavy atom. The lowest BCUT2D eigenvalue weighted by atomic mass is 9.82. The van der Waals surface area contributed by atoms with Crippen LogP contribution >= 0.6 is 0 Å². The number of hydrogen-bond donors (Lipinski definition) is 1. The van der Waals surface area contributed by atoms with Crippen LogP contribution in [0.3, 0.4) is 0 Å². The van der Waals surface area contributed by atoms with E-state index in [1.54, 1.807) is 0 Å². The molecule has 212 valence electrons. The van der Waals surface area contributed by atoms with Gasteiger partial charge in [-0.1, -0.05) is 137 Å². The maximum Gasteiger partial charge on any atom is 0.0736 e. The molecule has 0 aliphatic heterocycles. The van der Waals surface area contributed by atoms with Crippen LogP contribution in [0.1, 0.15) is 50.7 Å². The molecule has 6 aromatic rings. The first kappa shape index (κ1) is 28.2. The quantitative estimate of drug-likeness (QED) is 0.201. The van der Waals surface area contributed by atoms with E-state index in [0.717, 1.165) is 33.9 Å². The number of pyridine rings is 1. The molecule has 1 aromatic heterocycles. The Hall–Kier alpha value is -4.95. The summed E-state index contributed by atoms with van der Waals surface area (Å²) in [6.07, 6.45) is 0. The van der Waals surface area contributed by atoms with Crippen LogP contribution < -0.4 is 5.32 Å². The number of para-hydroxylation sites is 2. The van der Waals surface area contributed by atoms with Crippen molar-refractivity contribution in [3.8, 4) is 44.8 Å². The molecule has 0 aliphatic rings. The third-order valence-electron chi connectivity index (χ3n) is 7.99. The smallest absolute Gasteiger partial charge is 0.0736 e. The maximum atomic E-state index is 5.28. The highest BCUT2D eigenvalue weighted by Gasteiger charge is 2.21. The van der Waals surface area contributed by atoms with Gasteiger partial charge in [0.05, 0.1) is 11.4 Å². The predicted molar refractivity (Wildman–Crippen MR) is 184 cm³/mol. The van der Waals surface area contributed by atoms with Crippen molar-refractivity contribution in [3.63, 3.8) is 0 Å². The van der Waals surface area contributed by atoms with E-state index >= 15 is 0 Å². The highest BCUT2D eigenvalue weighted by molar-refractivity contribution is 5.86. The minimum Gasteiger partial charge on any atom is -0.355 e. The summed E-state index contributed by atoms with van der Waals surface area (Å²) in [5, 5.41) is 3.63. The van der Waals surface area contributed by atoms with E-state index < -0.39 is 0 Å². The Labute approximate surface area is 256 Å². The zero-order valence-corrected chi connectivity index (χ0v) is 25.4. The molecule has 43 heavy (non-hydrogen) atoms. The minimum absolute atomic E-state index is 0.347. The van der Waals surface area contributed by atoms with Gasteiger partial charge in [0.25, 0.3) is 0 Å². The topological polar surface area (TPSA) is 24.9 Å². The van der Waals surface area contributed by atoms with E-state index in [9.17, 15) is 0 Å². The highest BCUT2D eigenvalue weighted by atomic mass is 14.9.